The van der Waals surface area contributed by atoms with Gasteiger partial charge in [0.2, 0.25) is 5.91 Å². The summed E-state index contributed by atoms with van der Waals surface area (Å²) in [5, 5.41) is 0. The lowest BCUT2D eigenvalue weighted by Crippen LogP contribution is -2.21. The third-order valence-electron chi connectivity index (χ3n) is 1.33. The van der Waals surface area contributed by atoms with Crippen LogP contribution in [-0.4, -0.2) is 21.4 Å². The van der Waals surface area contributed by atoms with Gasteiger partial charge in [-0.1, -0.05) is 6.58 Å². The summed E-state index contributed by atoms with van der Waals surface area (Å²) in [4.78, 5) is 27.5. The van der Waals surface area contributed by atoms with Gasteiger partial charge in [-0.2, -0.15) is 0 Å². The first-order chi connectivity index (χ1) is 4.76. The van der Waals surface area contributed by atoms with Crippen molar-refractivity contribution in [1.82, 2.24) is 0 Å². The maximum Gasteiger partial charge on any atom is 0.332 e. The molecule has 4 N–H and O–H groups in total. The molecular formula is C5H10NO4P. The van der Waals surface area contributed by atoms with E-state index < -0.39 is 19.2 Å². The SMILES string of the molecule is C=C(C(N)=O)C(C)P(=O)(O)O. The lowest BCUT2D eigenvalue weighted by Gasteiger charge is -2.12. The number of carbonyl (C=O) groups is 1. The van der Waals surface area contributed by atoms with Gasteiger partial charge >= 0.3 is 7.60 Å². The Labute approximate surface area is 64.1 Å². The molecule has 64 valence electrons. The monoisotopic (exact) mass is 179 g/mol. The van der Waals surface area contributed by atoms with Crippen molar-refractivity contribution in [3.63, 3.8) is 0 Å². The molecule has 0 saturated heterocycles. The zero-order valence-corrected chi connectivity index (χ0v) is 6.91. The normalized spacial score (nSPS) is 14.1. The van der Waals surface area contributed by atoms with Crippen molar-refractivity contribution in [3.8, 4) is 0 Å². The van der Waals surface area contributed by atoms with Crippen LogP contribution in [-0.2, 0) is 9.36 Å². The molecule has 1 amide bonds. The lowest BCUT2D eigenvalue weighted by atomic mass is 10.2. The smallest absolute Gasteiger partial charge is 0.332 e. The number of primary amides is 1. The van der Waals surface area contributed by atoms with E-state index in [0.717, 1.165) is 0 Å². The molecule has 0 aromatic carbocycles. The maximum atomic E-state index is 10.5. The van der Waals surface area contributed by atoms with E-state index in [-0.39, 0.29) is 5.57 Å². The molecule has 0 aliphatic heterocycles. The summed E-state index contributed by atoms with van der Waals surface area (Å²) in [7, 11) is -4.27. The molecule has 0 spiro atoms. The molecule has 0 aromatic rings. The molecule has 5 nitrogen and oxygen atoms in total. The lowest BCUT2D eigenvalue weighted by molar-refractivity contribution is -0.114. The van der Waals surface area contributed by atoms with Crippen LogP contribution in [0.2, 0.25) is 0 Å². The first-order valence-corrected chi connectivity index (χ1v) is 4.48. The molecule has 0 radical (unpaired) electrons. The van der Waals surface area contributed by atoms with Crippen molar-refractivity contribution in [2.75, 3.05) is 0 Å². The van der Waals surface area contributed by atoms with Crippen molar-refractivity contribution < 1.29 is 19.1 Å². The Kier molecular flexibility index (Phi) is 2.99. The largest absolute Gasteiger partial charge is 0.366 e. The van der Waals surface area contributed by atoms with Gasteiger partial charge in [0.1, 0.15) is 0 Å². The van der Waals surface area contributed by atoms with Gasteiger partial charge in [-0.3, -0.25) is 9.36 Å². The second-order valence-corrected chi connectivity index (χ2v) is 4.11. The highest BCUT2D eigenvalue weighted by molar-refractivity contribution is 7.52. The predicted octanol–water partition coefficient (Wildman–Crippen LogP) is -0.406. The highest BCUT2D eigenvalue weighted by atomic mass is 31.2. The third-order valence-corrected chi connectivity index (χ3v) is 2.65. The zero-order valence-electron chi connectivity index (χ0n) is 6.02. The zero-order chi connectivity index (χ0) is 9.23. The van der Waals surface area contributed by atoms with Crippen LogP contribution in [0.5, 0.6) is 0 Å². The van der Waals surface area contributed by atoms with E-state index in [4.69, 9.17) is 15.5 Å². The highest BCUT2D eigenvalue weighted by Gasteiger charge is 2.28. The summed E-state index contributed by atoms with van der Waals surface area (Å²) in [6.07, 6.45) is 0. The molecule has 0 saturated carbocycles. The summed E-state index contributed by atoms with van der Waals surface area (Å²) in [6, 6.07) is 0. The van der Waals surface area contributed by atoms with Crippen LogP contribution in [0.15, 0.2) is 12.2 Å². The fraction of sp³-hybridized carbons (Fsp3) is 0.400. The first-order valence-electron chi connectivity index (χ1n) is 2.80. The average Bonchev–Trinajstić information content (AvgIpc) is 1.82. The Morgan fingerprint density at radius 3 is 2.09 bits per heavy atom. The number of rotatable bonds is 3. The van der Waals surface area contributed by atoms with Gasteiger partial charge in [0.15, 0.2) is 0 Å². The van der Waals surface area contributed by atoms with Crippen molar-refractivity contribution in [2.45, 2.75) is 12.6 Å². The summed E-state index contributed by atoms with van der Waals surface area (Å²) >= 11 is 0. The van der Waals surface area contributed by atoms with Gasteiger partial charge in [0, 0.05) is 5.57 Å². The Balaban J connectivity index is 4.52. The van der Waals surface area contributed by atoms with Crippen LogP contribution in [0.25, 0.3) is 0 Å². The number of hydrogen-bond acceptors (Lipinski definition) is 2. The Morgan fingerprint density at radius 1 is 1.64 bits per heavy atom. The molecule has 0 heterocycles. The summed E-state index contributed by atoms with van der Waals surface area (Å²) < 4.78 is 10.5. The van der Waals surface area contributed by atoms with Crippen molar-refractivity contribution >= 4 is 13.5 Å². The van der Waals surface area contributed by atoms with E-state index in [1.54, 1.807) is 0 Å². The van der Waals surface area contributed by atoms with Crippen LogP contribution in [0, 0.1) is 0 Å². The van der Waals surface area contributed by atoms with Crippen LogP contribution in [0.4, 0.5) is 0 Å². The van der Waals surface area contributed by atoms with Crippen molar-refractivity contribution in [1.29, 1.82) is 0 Å². The number of hydrogen-bond donors (Lipinski definition) is 3. The average molecular weight is 179 g/mol. The standard InChI is InChI=1S/C5H10NO4P/c1-3(5(6)7)4(2)11(8,9)10/h4H,1H2,2H3,(H2,6,7)(H2,8,9,10). The van der Waals surface area contributed by atoms with E-state index in [9.17, 15) is 9.36 Å². The van der Waals surface area contributed by atoms with Crippen molar-refractivity contribution in [2.24, 2.45) is 5.73 Å². The summed E-state index contributed by atoms with van der Waals surface area (Å²) in [5.41, 5.74) is 3.31. The van der Waals surface area contributed by atoms with Gasteiger partial charge in [-0.25, -0.2) is 0 Å². The molecule has 1 unspecified atom stereocenters. The molecule has 0 aromatic heterocycles. The molecule has 0 aliphatic rings. The second kappa shape index (κ2) is 3.17. The Bertz CT molecular complexity index is 231. The molecule has 11 heavy (non-hydrogen) atoms. The molecule has 1 atom stereocenters. The van der Waals surface area contributed by atoms with Crippen LogP contribution >= 0.6 is 7.60 Å². The molecule has 0 fully saturated rings. The Hall–Kier alpha value is -0.640. The van der Waals surface area contributed by atoms with Gasteiger partial charge < -0.3 is 15.5 Å². The molecule has 0 bridgehead atoms. The van der Waals surface area contributed by atoms with E-state index in [1.165, 1.54) is 6.92 Å². The minimum atomic E-state index is -4.27. The van der Waals surface area contributed by atoms with Gasteiger partial charge in [-0.15, -0.1) is 0 Å². The fourth-order valence-corrected chi connectivity index (χ4v) is 0.942. The number of amides is 1. The van der Waals surface area contributed by atoms with Crippen molar-refractivity contribution in [3.05, 3.63) is 12.2 Å². The van der Waals surface area contributed by atoms with Gasteiger partial charge in [0.05, 0.1) is 5.66 Å². The molecule has 6 heteroatoms. The third kappa shape index (κ3) is 2.84. The number of carbonyl (C=O) groups excluding carboxylic acids is 1. The van der Waals surface area contributed by atoms with E-state index in [2.05, 4.69) is 6.58 Å². The van der Waals surface area contributed by atoms with Gasteiger partial charge in [0.25, 0.3) is 0 Å². The van der Waals surface area contributed by atoms with E-state index in [1.807, 2.05) is 0 Å². The van der Waals surface area contributed by atoms with Gasteiger partial charge in [-0.05, 0) is 6.92 Å². The Morgan fingerprint density at radius 2 is 2.00 bits per heavy atom. The quantitative estimate of drug-likeness (QED) is 0.405. The fourth-order valence-electron chi connectivity index (χ4n) is 0.409. The first kappa shape index (κ1) is 10.4. The molecule has 0 rings (SSSR count). The molecule has 0 aliphatic carbocycles. The highest BCUT2D eigenvalue weighted by Crippen LogP contribution is 2.43. The maximum absolute atomic E-state index is 10.5. The van der Waals surface area contributed by atoms with Crippen LogP contribution in [0.3, 0.4) is 0 Å². The topological polar surface area (TPSA) is 101 Å². The van der Waals surface area contributed by atoms with Crippen LogP contribution < -0.4 is 5.73 Å². The minimum absolute atomic E-state index is 0.252. The summed E-state index contributed by atoms with van der Waals surface area (Å²) in [6.45, 7) is 4.36. The second-order valence-electron chi connectivity index (χ2n) is 2.15. The van der Waals surface area contributed by atoms with E-state index in [0.29, 0.717) is 0 Å². The number of nitrogens with two attached hydrogens (primary N) is 1. The molecular weight excluding hydrogens is 169 g/mol. The van der Waals surface area contributed by atoms with E-state index >= 15 is 0 Å². The van der Waals surface area contributed by atoms with Crippen LogP contribution in [0.1, 0.15) is 6.92 Å². The minimum Gasteiger partial charge on any atom is -0.366 e. The summed E-state index contributed by atoms with van der Waals surface area (Å²) in [5.74, 6) is -0.888. The predicted molar refractivity (Wildman–Crippen MR) is 39.8 cm³/mol.